The van der Waals surface area contributed by atoms with Crippen LogP contribution < -0.4 is 10.9 Å². The quantitative estimate of drug-likeness (QED) is 0.426. The Balaban J connectivity index is 1.56. The highest BCUT2D eigenvalue weighted by Crippen LogP contribution is 2.16. The molecule has 1 aromatic carbocycles. The van der Waals surface area contributed by atoms with Crippen LogP contribution in [-0.2, 0) is 24.3 Å². The number of hydrogen-bond acceptors (Lipinski definition) is 6. The van der Waals surface area contributed by atoms with Crippen molar-refractivity contribution in [3.8, 4) is 0 Å². The van der Waals surface area contributed by atoms with Crippen molar-refractivity contribution < 1.29 is 4.79 Å². The largest absolute Gasteiger partial charge is 0.355 e. The Kier molecular flexibility index (Phi) is 7.03. The normalized spacial score (nSPS) is 11.3. The Morgan fingerprint density at radius 2 is 2.00 bits per heavy atom. The molecule has 0 radical (unpaired) electrons. The Morgan fingerprint density at radius 3 is 2.76 bits per heavy atom. The van der Waals surface area contributed by atoms with Crippen molar-refractivity contribution in [1.82, 2.24) is 29.6 Å². The van der Waals surface area contributed by atoms with Gasteiger partial charge < -0.3 is 9.88 Å². The van der Waals surface area contributed by atoms with Crippen molar-refractivity contribution in [3.05, 3.63) is 46.6 Å². The second-order valence-corrected chi connectivity index (χ2v) is 8.01. The van der Waals surface area contributed by atoms with Gasteiger partial charge in [-0.1, -0.05) is 37.7 Å². The number of fused-ring (bicyclic) bond motifs is 1. The van der Waals surface area contributed by atoms with Crippen LogP contribution in [0.2, 0.25) is 0 Å². The number of hydrogen-bond donors (Lipinski definition) is 1. The van der Waals surface area contributed by atoms with Crippen LogP contribution in [0, 0.1) is 5.92 Å². The average molecular weight is 415 g/mol. The molecule has 1 N–H and O–H groups in total. The van der Waals surface area contributed by atoms with Gasteiger partial charge in [-0.15, -0.1) is 10.2 Å². The fraction of sp³-hybridized carbons (Fsp3) is 0.450. The van der Waals surface area contributed by atoms with Crippen molar-refractivity contribution in [2.24, 2.45) is 5.92 Å². The number of carbonyl (C=O) groups is 1. The van der Waals surface area contributed by atoms with Crippen LogP contribution >= 0.6 is 11.8 Å². The summed E-state index contributed by atoms with van der Waals surface area (Å²) in [6.07, 6.45) is 4.73. The van der Waals surface area contributed by atoms with Gasteiger partial charge in [0.25, 0.3) is 5.56 Å². The number of thioether (sulfide) groups is 1. The van der Waals surface area contributed by atoms with E-state index >= 15 is 0 Å². The van der Waals surface area contributed by atoms with Crippen LogP contribution in [0.3, 0.4) is 0 Å². The lowest BCUT2D eigenvalue weighted by Crippen LogP contribution is -2.33. The predicted octanol–water partition coefficient (Wildman–Crippen LogP) is 2.11. The summed E-state index contributed by atoms with van der Waals surface area (Å²) >= 11 is 1.59. The number of nitrogens with one attached hydrogen (secondary N) is 1. The molecule has 2 aromatic heterocycles. The zero-order valence-corrected chi connectivity index (χ0v) is 17.8. The van der Waals surface area contributed by atoms with Crippen LogP contribution in [0.5, 0.6) is 0 Å². The first-order valence-corrected chi connectivity index (χ1v) is 10.9. The van der Waals surface area contributed by atoms with E-state index in [-0.39, 0.29) is 18.0 Å². The van der Waals surface area contributed by atoms with E-state index < -0.39 is 0 Å². The minimum atomic E-state index is -0.287. The van der Waals surface area contributed by atoms with E-state index in [4.69, 9.17) is 0 Å². The van der Waals surface area contributed by atoms with E-state index in [9.17, 15) is 9.59 Å². The zero-order chi connectivity index (χ0) is 20.8. The van der Waals surface area contributed by atoms with E-state index in [0.717, 1.165) is 30.4 Å². The third-order valence-corrected chi connectivity index (χ3v) is 5.14. The molecule has 0 atom stereocenters. The second kappa shape index (κ2) is 9.69. The molecule has 154 valence electrons. The molecule has 0 bridgehead atoms. The number of benzene rings is 1. The van der Waals surface area contributed by atoms with E-state index in [0.29, 0.717) is 23.5 Å². The molecule has 0 aliphatic carbocycles. The van der Waals surface area contributed by atoms with Gasteiger partial charge in [-0.2, -0.15) is 0 Å². The Labute approximate surface area is 173 Å². The summed E-state index contributed by atoms with van der Waals surface area (Å²) in [5.74, 6) is 1.24. The lowest BCUT2D eigenvalue weighted by Gasteiger charge is -2.12. The summed E-state index contributed by atoms with van der Waals surface area (Å²) in [6.45, 7) is 5.70. The van der Waals surface area contributed by atoms with Crippen molar-refractivity contribution in [3.63, 3.8) is 0 Å². The maximum absolute atomic E-state index is 12.4. The summed E-state index contributed by atoms with van der Waals surface area (Å²) in [7, 11) is 0. The third kappa shape index (κ3) is 5.23. The number of nitrogens with zero attached hydrogens (tertiary/aromatic N) is 5. The van der Waals surface area contributed by atoms with Crippen LogP contribution in [0.1, 0.15) is 26.1 Å². The van der Waals surface area contributed by atoms with Crippen LogP contribution in [0.4, 0.5) is 0 Å². The van der Waals surface area contributed by atoms with Gasteiger partial charge in [0.1, 0.15) is 12.4 Å². The monoisotopic (exact) mass is 414 g/mol. The van der Waals surface area contributed by atoms with E-state index in [2.05, 4.69) is 38.9 Å². The van der Waals surface area contributed by atoms with Gasteiger partial charge in [0, 0.05) is 19.5 Å². The maximum atomic E-state index is 12.4. The third-order valence-electron chi connectivity index (χ3n) is 4.48. The first kappa shape index (κ1) is 21.0. The summed E-state index contributed by atoms with van der Waals surface area (Å²) < 4.78 is 3.60. The molecular weight excluding hydrogens is 388 g/mol. The molecule has 8 nitrogen and oxygen atoms in total. The molecule has 0 aliphatic rings. The zero-order valence-electron chi connectivity index (χ0n) is 17.0. The Morgan fingerprint density at radius 1 is 1.21 bits per heavy atom. The van der Waals surface area contributed by atoms with Gasteiger partial charge in [-0.25, -0.2) is 4.98 Å². The average Bonchev–Trinajstić information content (AvgIpc) is 3.08. The SMILES string of the molecule is CSc1nnc(CCCNC(=O)Cn2c(=O)cnc3ccccc32)n1CC(C)C. The maximum Gasteiger partial charge on any atom is 0.269 e. The predicted molar refractivity (Wildman–Crippen MR) is 114 cm³/mol. The Bertz CT molecular complexity index is 1040. The number of aryl methyl sites for hydroxylation is 1. The molecule has 0 saturated carbocycles. The van der Waals surface area contributed by atoms with Gasteiger partial charge >= 0.3 is 0 Å². The van der Waals surface area contributed by atoms with Crippen molar-refractivity contribution >= 4 is 28.7 Å². The van der Waals surface area contributed by atoms with Gasteiger partial charge in [-0.05, 0) is 30.7 Å². The molecule has 0 spiro atoms. The molecule has 29 heavy (non-hydrogen) atoms. The van der Waals surface area contributed by atoms with Crippen molar-refractivity contribution in [1.29, 1.82) is 0 Å². The number of aromatic nitrogens is 5. The molecular formula is C20H26N6O2S. The number of amides is 1. The first-order valence-electron chi connectivity index (χ1n) is 9.67. The number of carbonyl (C=O) groups excluding carboxylic acids is 1. The number of para-hydroxylation sites is 2. The van der Waals surface area contributed by atoms with Crippen LogP contribution in [0.15, 0.2) is 40.4 Å². The molecule has 3 rings (SSSR count). The summed E-state index contributed by atoms with van der Waals surface area (Å²) in [6, 6.07) is 7.29. The number of rotatable bonds is 9. The second-order valence-electron chi connectivity index (χ2n) is 7.23. The fourth-order valence-corrected chi connectivity index (χ4v) is 3.68. The van der Waals surface area contributed by atoms with E-state index in [1.165, 1.54) is 10.8 Å². The summed E-state index contributed by atoms with van der Waals surface area (Å²) in [4.78, 5) is 28.6. The van der Waals surface area contributed by atoms with Crippen molar-refractivity contribution in [2.45, 2.75) is 44.9 Å². The molecule has 0 saturated heterocycles. The van der Waals surface area contributed by atoms with Gasteiger partial charge in [0.05, 0.1) is 17.2 Å². The lowest BCUT2D eigenvalue weighted by molar-refractivity contribution is -0.121. The topological polar surface area (TPSA) is 94.7 Å². The Hall–Kier alpha value is -2.68. The summed E-state index contributed by atoms with van der Waals surface area (Å²) in [5, 5.41) is 12.3. The van der Waals surface area contributed by atoms with Gasteiger partial charge in [0.2, 0.25) is 5.91 Å². The smallest absolute Gasteiger partial charge is 0.269 e. The molecule has 3 aromatic rings. The standard InChI is InChI=1S/C20H26N6O2S/c1-14(2)12-26-17(23-24-20(26)29-3)9-6-10-21-18(27)13-25-16-8-5-4-7-15(16)22-11-19(25)28/h4-5,7-8,11,14H,6,9-10,12-13H2,1-3H3,(H,21,27). The minimum Gasteiger partial charge on any atom is -0.355 e. The molecule has 0 aliphatic heterocycles. The van der Waals surface area contributed by atoms with Gasteiger partial charge in [0.15, 0.2) is 5.16 Å². The summed E-state index contributed by atoms with van der Waals surface area (Å²) in [5.41, 5.74) is 1.06. The molecule has 0 unspecified atom stereocenters. The molecule has 9 heteroatoms. The van der Waals surface area contributed by atoms with E-state index in [1.807, 2.05) is 24.5 Å². The molecule has 2 heterocycles. The minimum absolute atomic E-state index is 0.0258. The van der Waals surface area contributed by atoms with Crippen molar-refractivity contribution in [2.75, 3.05) is 12.8 Å². The lowest BCUT2D eigenvalue weighted by atomic mass is 10.2. The van der Waals surface area contributed by atoms with E-state index in [1.54, 1.807) is 17.8 Å². The van der Waals surface area contributed by atoms with Crippen LogP contribution in [-0.4, -0.2) is 43.0 Å². The highest BCUT2D eigenvalue weighted by atomic mass is 32.2. The van der Waals surface area contributed by atoms with Crippen LogP contribution in [0.25, 0.3) is 11.0 Å². The molecule has 1 amide bonds. The first-order chi connectivity index (χ1) is 14.0. The fourth-order valence-electron chi connectivity index (χ4n) is 3.16. The highest BCUT2D eigenvalue weighted by molar-refractivity contribution is 7.98. The van der Waals surface area contributed by atoms with Gasteiger partial charge in [-0.3, -0.25) is 14.2 Å². The highest BCUT2D eigenvalue weighted by Gasteiger charge is 2.13. The molecule has 0 fully saturated rings.